The van der Waals surface area contributed by atoms with Gasteiger partial charge in [-0.1, -0.05) is 26.8 Å². The SMILES string of the molecule is CCN(CC(=O)Nc1c(F)cccc1F)C(=O)CN1C(=O)N[C@]2(C[C@@H](C)CC(C)(C)C2)C1=O. The van der Waals surface area contributed by atoms with Gasteiger partial charge in [0.1, 0.15) is 29.4 Å². The van der Waals surface area contributed by atoms with Crippen LogP contribution in [0.2, 0.25) is 0 Å². The number of amides is 5. The van der Waals surface area contributed by atoms with Gasteiger partial charge in [0.25, 0.3) is 5.91 Å². The number of nitrogens with one attached hydrogen (secondary N) is 2. The highest BCUT2D eigenvalue weighted by molar-refractivity contribution is 6.09. The number of para-hydroxylation sites is 1. The lowest BCUT2D eigenvalue weighted by molar-refractivity contribution is -0.141. The second-order valence-corrected chi connectivity index (χ2v) is 9.81. The van der Waals surface area contributed by atoms with E-state index in [9.17, 15) is 28.0 Å². The molecule has 1 aliphatic heterocycles. The summed E-state index contributed by atoms with van der Waals surface area (Å²) in [5, 5.41) is 4.93. The number of nitrogens with zero attached hydrogens (tertiary/aromatic N) is 2. The Kier molecular flexibility index (Phi) is 6.76. The van der Waals surface area contributed by atoms with Crippen molar-refractivity contribution in [2.24, 2.45) is 11.3 Å². The van der Waals surface area contributed by atoms with Crippen LogP contribution in [0.4, 0.5) is 19.3 Å². The first-order valence-electron chi connectivity index (χ1n) is 11.0. The van der Waals surface area contributed by atoms with E-state index in [2.05, 4.69) is 10.6 Å². The van der Waals surface area contributed by atoms with Gasteiger partial charge in [0.2, 0.25) is 11.8 Å². The number of urea groups is 1. The van der Waals surface area contributed by atoms with E-state index in [1.54, 1.807) is 6.92 Å². The molecule has 1 spiro atoms. The van der Waals surface area contributed by atoms with E-state index >= 15 is 0 Å². The molecule has 0 aromatic heterocycles. The van der Waals surface area contributed by atoms with Crippen LogP contribution < -0.4 is 10.6 Å². The van der Waals surface area contributed by atoms with Crippen LogP contribution in [0.5, 0.6) is 0 Å². The first-order chi connectivity index (χ1) is 15.4. The molecule has 2 aliphatic rings. The van der Waals surface area contributed by atoms with E-state index in [0.717, 1.165) is 28.4 Å². The van der Waals surface area contributed by atoms with Crippen molar-refractivity contribution in [3.8, 4) is 0 Å². The van der Waals surface area contributed by atoms with Gasteiger partial charge >= 0.3 is 6.03 Å². The zero-order valence-corrected chi connectivity index (χ0v) is 19.3. The lowest BCUT2D eigenvalue weighted by atomic mass is 9.64. The summed E-state index contributed by atoms with van der Waals surface area (Å²) in [6.45, 7) is 6.85. The average molecular weight is 465 g/mol. The fourth-order valence-corrected chi connectivity index (χ4v) is 5.23. The van der Waals surface area contributed by atoms with Crippen LogP contribution in [0.1, 0.15) is 47.0 Å². The summed E-state index contributed by atoms with van der Waals surface area (Å²) in [5.41, 5.74) is -1.78. The van der Waals surface area contributed by atoms with Crippen LogP contribution in [-0.4, -0.2) is 58.7 Å². The Bertz CT molecular complexity index is 963. The number of rotatable bonds is 6. The van der Waals surface area contributed by atoms with Crippen molar-refractivity contribution in [1.82, 2.24) is 15.1 Å². The van der Waals surface area contributed by atoms with Gasteiger partial charge in [-0.05, 0) is 49.7 Å². The molecule has 2 N–H and O–H groups in total. The van der Waals surface area contributed by atoms with Crippen LogP contribution in [0.15, 0.2) is 18.2 Å². The first kappa shape index (κ1) is 24.6. The molecule has 1 aromatic carbocycles. The maximum Gasteiger partial charge on any atom is 0.325 e. The molecule has 33 heavy (non-hydrogen) atoms. The Labute approximate surface area is 191 Å². The van der Waals surface area contributed by atoms with Gasteiger partial charge in [-0.3, -0.25) is 19.3 Å². The number of hydrogen-bond acceptors (Lipinski definition) is 4. The Morgan fingerprint density at radius 2 is 1.85 bits per heavy atom. The van der Waals surface area contributed by atoms with Crippen LogP contribution in [-0.2, 0) is 14.4 Å². The van der Waals surface area contributed by atoms with E-state index in [4.69, 9.17) is 0 Å². The van der Waals surface area contributed by atoms with Crippen molar-refractivity contribution in [2.75, 3.05) is 25.0 Å². The Morgan fingerprint density at radius 3 is 2.42 bits per heavy atom. The summed E-state index contributed by atoms with van der Waals surface area (Å²) >= 11 is 0. The Balaban J connectivity index is 1.67. The Hall–Kier alpha value is -3.04. The highest BCUT2D eigenvalue weighted by Gasteiger charge is 2.56. The monoisotopic (exact) mass is 464 g/mol. The van der Waals surface area contributed by atoms with E-state index < -0.39 is 59.7 Å². The number of halogens is 2. The molecule has 8 nitrogen and oxygen atoms in total. The highest BCUT2D eigenvalue weighted by Crippen LogP contribution is 2.46. The molecule has 1 aliphatic carbocycles. The van der Waals surface area contributed by atoms with E-state index in [1.807, 2.05) is 20.8 Å². The predicted molar refractivity (Wildman–Crippen MR) is 117 cm³/mol. The number of anilines is 1. The molecule has 2 atom stereocenters. The standard InChI is InChI=1S/C23H30F2N4O4/c1-5-28(11-17(30)26-19-15(24)7-6-8-16(19)25)18(31)12-29-20(32)23(27-21(29)33)10-14(2)9-22(3,4)13-23/h6-8,14H,5,9-13H2,1-4H3,(H,26,30)(H,27,33)/t14-,23-/m0/s1. The molecule has 1 aromatic rings. The Morgan fingerprint density at radius 1 is 1.21 bits per heavy atom. The summed E-state index contributed by atoms with van der Waals surface area (Å²) in [6.07, 6.45) is 1.91. The van der Waals surface area contributed by atoms with Crippen molar-refractivity contribution in [3.05, 3.63) is 29.8 Å². The van der Waals surface area contributed by atoms with Gasteiger partial charge < -0.3 is 15.5 Å². The second kappa shape index (κ2) is 9.07. The molecule has 180 valence electrons. The number of hydrogen-bond donors (Lipinski definition) is 2. The third-order valence-corrected chi connectivity index (χ3v) is 6.21. The largest absolute Gasteiger partial charge is 0.332 e. The number of carbonyl (C=O) groups is 4. The summed E-state index contributed by atoms with van der Waals surface area (Å²) < 4.78 is 27.6. The van der Waals surface area contributed by atoms with Crippen molar-refractivity contribution in [1.29, 1.82) is 0 Å². The predicted octanol–water partition coefficient (Wildman–Crippen LogP) is 2.89. The van der Waals surface area contributed by atoms with Crippen LogP contribution in [0.3, 0.4) is 0 Å². The quantitative estimate of drug-likeness (QED) is 0.633. The molecule has 0 bridgehead atoms. The summed E-state index contributed by atoms with van der Waals surface area (Å²) in [6, 6.07) is 2.54. The molecule has 2 fully saturated rings. The van der Waals surface area contributed by atoms with Crippen LogP contribution in [0, 0.1) is 23.0 Å². The third kappa shape index (κ3) is 5.15. The van der Waals surface area contributed by atoms with Gasteiger partial charge in [-0.2, -0.15) is 0 Å². The highest BCUT2D eigenvalue weighted by atomic mass is 19.1. The van der Waals surface area contributed by atoms with Gasteiger partial charge in [0, 0.05) is 6.54 Å². The average Bonchev–Trinajstić information content (AvgIpc) is 2.90. The lowest BCUT2D eigenvalue weighted by Crippen LogP contribution is -2.54. The van der Waals surface area contributed by atoms with Crippen molar-refractivity contribution < 1.29 is 28.0 Å². The van der Waals surface area contributed by atoms with E-state index in [0.29, 0.717) is 12.8 Å². The van der Waals surface area contributed by atoms with Crippen molar-refractivity contribution in [3.63, 3.8) is 0 Å². The molecule has 3 rings (SSSR count). The fourth-order valence-electron chi connectivity index (χ4n) is 5.23. The maximum atomic E-state index is 13.8. The maximum absolute atomic E-state index is 13.8. The van der Waals surface area contributed by atoms with Crippen LogP contribution >= 0.6 is 0 Å². The zero-order chi connectivity index (χ0) is 24.6. The molecule has 5 amide bonds. The topological polar surface area (TPSA) is 98.8 Å². The van der Waals surface area contributed by atoms with Crippen LogP contribution in [0.25, 0.3) is 0 Å². The minimum atomic E-state index is -1.03. The van der Waals surface area contributed by atoms with Gasteiger partial charge in [-0.15, -0.1) is 0 Å². The van der Waals surface area contributed by atoms with Gasteiger partial charge in [0.15, 0.2) is 0 Å². The molecular weight excluding hydrogens is 434 g/mol. The summed E-state index contributed by atoms with van der Waals surface area (Å²) in [5.74, 6) is -3.51. The second-order valence-electron chi connectivity index (χ2n) is 9.81. The van der Waals surface area contributed by atoms with E-state index in [-0.39, 0.29) is 17.9 Å². The summed E-state index contributed by atoms with van der Waals surface area (Å²) in [4.78, 5) is 53.0. The molecule has 10 heteroatoms. The number of likely N-dealkylation sites (N-methyl/N-ethyl adjacent to an activating group) is 1. The summed E-state index contributed by atoms with van der Waals surface area (Å²) in [7, 11) is 0. The number of imide groups is 1. The fraction of sp³-hybridized carbons (Fsp3) is 0.565. The lowest BCUT2D eigenvalue weighted by Gasteiger charge is -2.43. The third-order valence-electron chi connectivity index (χ3n) is 6.21. The minimum Gasteiger partial charge on any atom is -0.332 e. The smallest absolute Gasteiger partial charge is 0.325 e. The molecule has 0 unspecified atom stereocenters. The van der Waals surface area contributed by atoms with Crippen molar-refractivity contribution >= 4 is 29.4 Å². The van der Waals surface area contributed by atoms with Crippen molar-refractivity contribution in [2.45, 2.75) is 52.5 Å². The van der Waals surface area contributed by atoms with Gasteiger partial charge in [-0.25, -0.2) is 13.6 Å². The molecule has 1 saturated carbocycles. The first-order valence-corrected chi connectivity index (χ1v) is 11.0. The number of benzene rings is 1. The molecule has 0 radical (unpaired) electrons. The van der Waals surface area contributed by atoms with Gasteiger partial charge in [0.05, 0.1) is 6.54 Å². The molecule has 1 saturated heterocycles. The van der Waals surface area contributed by atoms with E-state index in [1.165, 1.54) is 6.07 Å². The number of carbonyl (C=O) groups excluding carboxylic acids is 4. The molecule has 1 heterocycles. The normalized spacial score (nSPS) is 24.1. The minimum absolute atomic E-state index is 0.102. The molecular formula is C23H30F2N4O4. The zero-order valence-electron chi connectivity index (χ0n) is 19.3.